The van der Waals surface area contributed by atoms with E-state index in [9.17, 15) is 4.79 Å². The van der Waals surface area contributed by atoms with E-state index in [2.05, 4.69) is 57.7 Å². The number of benzene rings is 1. The number of piperazine rings is 1. The van der Waals surface area contributed by atoms with Crippen LogP contribution in [0, 0.1) is 5.92 Å². The number of para-hydroxylation sites is 1. The third-order valence-corrected chi connectivity index (χ3v) is 5.60. The molecule has 2 atom stereocenters. The first kappa shape index (κ1) is 27.3. The average Bonchev–Trinajstić information content (AvgIpc) is 3.19. The predicted octanol–water partition coefficient (Wildman–Crippen LogP) is 2.97. The zero-order valence-corrected chi connectivity index (χ0v) is 19.1. The van der Waals surface area contributed by atoms with E-state index in [1.165, 1.54) is 12.1 Å². The molecule has 1 aromatic carbocycles. The Morgan fingerprint density at radius 2 is 1.82 bits per heavy atom. The van der Waals surface area contributed by atoms with Crippen molar-refractivity contribution in [3.8, 4) is 0 Å². The summed E-state index contributed by atoms with van der Waals surface area (Å²) in [6, 6.07) is 11.0. The summed E-state index contributed by atoms with van der Waals surface area (Å²) in [7, 11) is 0. The lowest BCUT2D eigenvalue weighted by Gasteiger charge is -2.39. The van der Waals surface area contributed by atoms with Gasteiger partial charge in [0.2, 0.25) is 5.91 Å². The maximum Gasteiger partial charge on any atom is 0.220 e. The maximum atomic E-state index is 12.1. The van der Waals surface area contributed by atoms with E-state index in [1.54, 1.807) is 0 Å². The zero-order valence-electron chi connectivity index (χ0n) is 16.6. The number of rotatable bonds is 7. The molecule has 0 radical (unpaired) electrons. The SMILES string of the molecule is CC(CNC(=O)CCC1CCNC1)N1CCN(c2ccccc2)CC1.Cl.Cl.Cl. The summed E-state index contributed by atoms with van der Waals surface area (Å²) in [6.45, 7) is 9.38. The summed E-state index contributed by atoms with van der Waals surface area (Å²) in [6.07, 6.45) is 2.90. The summed E-state index contributed by atoms with van der Waals surface area (Å²) in [4.78, 5) is 17.0. The van der Waals surface area contributed by atoms with E-state index in [-0.39, 0.29) is 43.1 Å². The van der Waals surface area contributed by atoms with Crippen molar-refractivity contribution < 1.29 is 4.79 Å². The van der Waals surface area contributed by atoms with Crippen molar-refractivity contribution in [2.45, 2.75) is 32.2 Å². The largest absolute Gasteiger partial charge is 0.369 e. The molecule has 162 valence electrons. The molecule has 2 fully saturated rings. The van der Waals surface area contributed by atoms with Gasteiger partial charge in [0, 0.05) is 50.9 Å². The number of carbonyl (C=O) groups excluding carboxylic acids is 1. The molecular weight excluding hydrogens is 419 g/mol. The molecule has 2 heterocycles. The average molecular weight is 454 g/mol. The second-order valence-corrected chi connectivity index (χ2v) is 7.41. The van der Waals surface area contributed by atoms with Gasteiger partial charge < -0.3 is 15.5 Å². The summed E-state index contributed by atoms with van der Waals surface area (Å²) < 4.78 is 0. The van der Waals surface area contributed by atoms with Crippen LogP contribution in [0.2, 0.25) is 0 Å². The topological polar surface area (TPSA) is 47.6 Å². The van der Waals surface area contributed by atoms with Gasteiger partial charge in [-0.2, -0.15) is 0 Å². The van der Waals surface area contributed by atoms with E-state index in [0.717, 1.165) is 52.2 Å². The van der Waals surface area contributed by atoms with Crippen LogP contribution in [0.25, 0.3) is 0 Å². The highest BCUT2D eigenvalue weighted by Crippen LogP contribution is 2.17. The van der Waals surface area contributed by atoms with Gasteiger partial charge in [-0.1, -0.05) is 18.2 Å². The van der Waals surface area contributed by atoms with Crippen molar-refractivity contribution in [2.75, 3.05) is 50.7 Å². The summed E-state index contributed by atoms with van der Waals surface area (Å²) in [5, 5.41) is 6.49. The molecule has 0 saturated carbocycles. The lowest BCUT2D eigenvalue weighted by Crippen LogP contribution is -2.52. The van der Waals surface area contributed by atoms with Crippen LogP contribution in [0.3, 0.4) is 0 Å². The molecule has 3 rings (SSSR count). The summed E-state index contributed by atoms with van der Waals surface area (Å²) in [5.41, 5.74) is 1.31. The number of halogens is 3. The van der Waals surface area contributed by atoms with E-state index in [4.69, 9.17) is 0 Å². The Bertz CT molecular complexity index is 536. The predicted molar refractivity (Wildman–Crippen MR) is 125 cm³/mol. The number of nitrogens with one attached hydrogen (secondary N) is 2. The molecule has 2 unspecified atom stereocenters. The smallest absolute Gasteiger partial charge is 0.220 e. The zero-order chi connectivity index (χ0) is 17.5. The van der Waals surface area contributed by atoms with Crippen LogP contribution in [0.4, 0.5) is 5.69 Å². The van der Waals surface area contributed by atoms with Crippen LogP contribution in [0.1, 0.15) is 26.2 Å². The van der Waals surface area contributed by atoms with Crippen LogP contribution in [0.5, 0.6) is 0 Å². The summed E-state index contributed by atoms with van der Waals surface area (Å²) >= 11 is 0. The van der Waals surface area contributed by atoms with E-state index >= 15 is 0 Å². The molecule has 5 nitrogen and oxygen atoms in total. The van der Waals surface area contributed by atoms with E-state index < -0.39 is 0 Å². The number of hydrogen-bond acceptors (Lipinski definition) is 4. The van der Waals surface area contributed by atoms with Crippen molar-refractivity contribution in [2.24, 2.45) is 5.92 Å². The number of nitrogens with zero attached hydrogens (tertiary/aromatic N) is 2. The molecule has 28 heavy (non-hydrogen) atoms. The third kappa shape index (κ3) is 8.34. The Labute approximate surface area is 188 Å². The van der Waals surface area contributed by atoms with Gasteiger partial charge in [0.25, 0.3) is 0 Å². The quantitative estimate of drug-likeness (QED) is 0.666. The van der Waals surface area contributed by atoms with Crippen molar-refractivity contribution in [1.82, 2.24) is 15.5 Å². The molecule has 2 aliphatic rings. The number of anilines is 1. The van der Waals surface area contributed by atoms with Crippen molar-refractivity contribution in [3.05, 3.63) is 30.3 Å². The van der Waals surface area contributed by atoms with Gasteiger partial charge in [0.05, 0.1) is 0 Å². The minimum atomic E-state index is 0. The minimum absolute atomic E-state index is 0. The normalized spacial score (nSPS) is 20.3. The van der Waals surface area contributed by atoms with Gasteiger partial charge in [-0.3, -0.25) is 9.69 Å². The Hall–Kier alpha value is -0.720. The van der Waals surface area contributed by atoms with Crippen LogP contribution in [-0.2, 0) is 4.79 Å². The molecular formula is C20H35Cl3N4O. The molecule has 2 aliphatic heterocycles. The van der Waals surface area contributed by atoms with Gasteiger partial charge in [0.1, 0.15) is 0 Å². The van der Waals surface area contributed by atoms with E-state index in [1.807, 2.05) is 0 Å². The minimum Gasteiger partial charge on any atom is -0.369 e. The fraction of sp³-hybridized carbons (Fsp3) is 0.650. The Morgan fingerprint density at radius 1 is 1.14 bits per heavy atom. The van der Waals surface area contributed by atoms with Crippen LogP contribution < -0.4 is 15.5 Å². The second-order valence-electron chi connectivity index (χ2n) is 7.41. The fourth-order valence-electron chi connectivity index (χ4n) is 3.83. The third-order valence-electron chi connectivity index (χ3n) is 5.60. The summed E-state index contributed by atoms with van der Waals surface area (Å²) in [5.74, 6) is 0.899. The number of carbonyl (C=O) groups is 1. The lowest BCUT2D eigenvalue weighted by molar-refractivity contribution is -0.121. The Kier molecular flexibility index (Phi) is 13.9. The molecule has 0 aromatic heterocycles. The van der Waals surface area contributed by atoms with Gasteiger partial charge in [0.15, 0.2) is 0 Å². The highest BCUT2D eigenvalue weighted by Gasteiger charge is 2.22. The van der Waals surface area contributed by atoms with Crippen LogP contribution in [-0.4, -0.2) is 62.7 Å². The fourth-order valence-corrected chi connectivity index (χ4v) is 3.83. The molecule has 0 bridgehead atoms. The van der Waals surface area contributed by atoms with Gasteiger partial charge in [-0.05, 0) is 50.9 Å². The highest BCUT2D eigenvalue weighted by molar-refractivity contribution is 5.86. The Morgan fingerprint density at radius 3 is 2.43 bits per heavy atom. The van der Waals surface area contributed by atoms with Gasteiger partial charge in [-0.25, -0.2) is 0 Å². The molecule has 8 heteroatoms. The molecule has 0 aliphatic carbocycles. The Balaban J connectivity index is 0.00000243. The van der Waals surface area contributed by atoms with Crippen LogP contribution >= 0.6 is 37.2 Å². The first-order valence-corrected chi connectivity index (χ1v) is 9.74. The molecule has 2 saturated heterocycles. The highest BCUT2D eigenvalue weighted by atomic mass is 35.5. The van der Waals surface area contributed by atoms with Crippen LogP contribution in [0.15, 0.2) is 30.3 Å². The molecule has 1 amide bonds. The van der Waals surface area contributed by atoms with Crippen molar-refractivity contribution >= 4 is 48.8 Å². The number of hydrogen-bond donors (Lipinski definition) is 2. The van der Waals surface area contributed by atoms with E-state index in [0.29, 0.717) is 18.4 Å². The second kappa shape index (κ2) is 14.3. The molecule has 2 N–H and O–H groups in total. The standard InChI is InChI=1S/C20H32N4O.3ClH/c1-17(15-22-20(25)8-7-18-9-10-21-16-18)23-11-13-24(14-12-23)19-5-3-2-4-6-19;;;/h2-6,17-18,21H,7-16H2,1H3,(H,22,25);3*1H. The maximum absolute atomic E-state index is 12.1. The van der Waals surface area contributed by atoms with Gasteiger partial charge >= 0.3 is 0 Å². The first-order chi connectivity index (χ1) is 12.2. The van der Waals surface area contributed by atoms with Crippen molar-refractivity contribution in [1.29, 1.82) is 0 Å². The number of amides is 1. The molecule has 0 spiro atoms. The first-order valence-electron chi connectivity index (χ1n) is 9.74. The lowest BCUT2D eigenvalue weighted by atomic mass is 10.0. The van der Waals surface area contributed by atoms with Gasteiger partial charge in [-0.15, -0.1) is 37.2 Å². The monoisotopic (exact) mass is 452 g/mol. The van der Waals surface area contributed by atoms with Crippen molar-refractivity contribution in [3.63, 3.8) is 0 Å². The molecule has 1 aromatic rings.